The maximum atomic E-state index is 12.3. The first-order chi connectivity index (χ1) is 14.3. The summed E-state index contributed by atoms with van der Waals surface area (Å²) < 4.78 is 7.89. The molecule has 0 spiro atoms. The number of ether oxygens (including phenoxy) is 1. The number of fused-ring (bicyclic) bond motifs is 1. The summed E-state index contributed by atoms with van der Waals surface area (Å²) in [4.78, 5) is 20.9. The maximum Gasteiger partial charge on any atom is 0.249 e. The Morgan fingerprint density at radius 3 is 2.40 bits per heavy atom. The number of primary amides is 1. The Hall–Kier alpha value is -3.87. The van der Waals surface area contributed by atoms with Gasteiger partial charge in [-0.2, -0.15) is 0 Å². The molecule has 0 fully saturated rings. The number of hydrogen-bond donors (Lipinski definition) is 2. The van der Waals surface area contributed by atoms with Crippen LogP contribution in [-0.4, -0.2) is 20.4 Å². The number of nitrogen functional groups attached to an aromatic ring is 1. The fourth-order valence-corrected chi connectivity index (χ4v) is 3.45. The lowest BCUT2D eigenvalue weighted by Gasteiger charge is -2.21. The molecule has 152 valence electrons. The average molecular weight is 401 g/mol. The molecule has 30 heavy (non-hydrogen) atoms. The monoisotopic (exact) mass is 401 g/mol. The second-order valence-electron chi connectivity index (χ2n) is 8.03. The Kier molecular flexibility index (Phi) is 4.66. The number of amides is 1. The largest absolute Gasteiger partial charge is 0.457 e. The third kappa shape index (κ3) is 3.45. The molecule has 4 aromatic rings. The second-order valence-corrected chi connectivity index (χ2v) is 8.03. The summed E-state index contributed by atoms with van der Waals surface area (Å²) in [6, 6.07) is 14.6. The van der Waals surface area contributed by atoms with E-state index in [1.165, 1.54) is 6.33 Å². The fraction of sp³-hybridized carbons (Fsp3) is 0.174. The molecule has 0 saturated carbocycles. The zero-order chi connectivity index (χ0) is 21.5. The molecule has 0 bridgehead atoms. The van der Waals surface area contributed by atoms with E-state index in [4.69, 9.17) is 16.2 Å². The van der Waals surface area contributed by atoms with Crippen LogP contribution in [0.3, 0.4) is 0 Å². The van der Waals surface area contributed by atoms with Crippen LogP contribution < -0.4 is 16.2 Å². The van der Waals surface area contributed by atoms with E-state index >= 15 is 0 Å². The zero-order valence-electron chi connectivity index (χ0n) is 17.1. The van der Waals surface area contributed by atoms with E-state index in [9.17, 15) is 4.79 Å². The molecule has 4 rings (SSSR count). The third-order valence-electron chi connectivity index (χ3n) is 4.86. The maximum absolute atomic E-state index is 12.3. The van der Waals surface area contributed by atoms with Gasteiger partial charge in [-0.15, -0.1) is 0 Å². The van der Waals surface area contributed by atoms with Gasteiger partial charge in [0.1, 0.15) is 29.3 Å². The first kappa shape index (κ1) is 19.4. The molecule has 0 atom stereocenters. The fourth-order valence-electron chi connectivity index (χ4n) is 3.45. The van der Waals surface area contributed by atoms with Crippen LogP contribution in [0.1, 0.15) is 31.1 Å². The lowest BCUT2D eigenvalue weighted by Crippen LogP contribution is -2.21. The summed E-state index contributed by atoms with van der Waals surface area (Å²) in [5.74, 6) is 0.971. The molecule has 7 heteroatoms. The van der Waals surface area contributed by atoms with Crippen LogP contribution in [0.15, 0.2) is 61.1 Å². The molecule has 2 aromatic carbocycles. The molecule has 2 aromatic heterocycles. The third-order valence-corrected chi connectivity index (χ3v) is 4.86. The summed E-state index contributed by atoms with van der Waals surface area (Å²) in [7, 11) is 0. The van der Waals surface area contributed by atoms with Crippen molar-refractivity contribution >= 4 is 22.8 Å². The summed E-state index contributed by atoms with van der Waals surface area (Å²) in [6.45, 7) is 6.21. The van der Waals surface area contributed by atoms with Gasteiger partial charge in [-0.1, -0.05) is 18.2 Å². The molecule has 0 radical (unpaired) electrons. The van der Waals surface area contributed by atoms with Gasteiger partial charge in [-0.3, -0.25) is 4.79 Å². The van der Waals surface area contributed by atoms with Crippen LogP contribution >= 0.6 is 0 Å². The number of para-hydroxylation sites is 1. The molecule has 2 heterocycles. The van der Waals surface area contributed by atoms with E-state index < -0.39 is 5.91 Å². The van der Waals surface area contributed by atoms with Gasteiger partial charge in [0.15, 0.2) is 0 Å². The quantitative estimate of drug-likeness (QED) is 0.529. The van der Waals surface area contributed by atoms with Gasteiger partial charge in [0, 0.05) is 17.3 Å². The van der Waals surface area contributed by atoms with Crippen molar-refractivity contribution in [3.05, 3.63) is 66.6 Å². The number of carbonyl (C=O) groups is 1. The Labute approximate surface area is 174 Å². The molecular weight excluding hydrogens is 378 g/mol. The van der Waals surface area contributed by atoms with E-state index in [1.54, 1.807) is 12.1 Å². The van der Waals surface area contributed by atoms with Crippen LogP contribution in [0.2, 0.25) is 0 Å². The Morgan fingerprint density at radius 1 is 1.00 bits per heavy atom. The van der Waals surface area contributed by atoms with Crippen LogP contribution in [0.4, 0.5) is 5.82 Å². The Bertz CT molecular complexity index is 1240. The topological polar surface area (TPSA) is 109 Å². The minimum atomic E-state index is -0.560. The lowest BCUT2D eigenvalue weighted by atomic mass is 9.99. The first-order valence-electron chi connectivity index (χ1n) is 9.55. The van der Waals surface area contributed by atoms with E-state index in [-0.39, 0.29) is 5.54 Å². The number of carbonyl (C=O) groups excluding carboxylic acids is 1. The number of nitrogens with two attached hydrogens (primary N) is 2. The van der Waals surface area contributed by atoms with E-state index in [0.717, 1.165) is 5.56 Å². The van der Waals surface area contributed by atoms with Crippen molar-refractivity contribution in [2.24, 2.45) is 5.73 Å². The van der Waals surface area contributed by atoms with Gasteiger partial charge in [-0.25, -0.2) is 9.97 Å². The standard InChI is InChI=1S/C23H23N5O2/c1-23(2,3)28-12-18(19-20(24)26-13-27-22(19)28)16-10-9-15(11-17(16)21(25)29)30-14-7-5-4-6-8-14/h4-13H,1-3H3,(H2,25,29)(H2,24,26,27). The van der Waals surface area contributed by atoms with Crippen molar-refractivity contribution in [2.75, 3.05) is 5.73 Å². The minimum Gasteiger partial charge on any atom is -0.457 e. The highest BCUT2D eigenvalue weighted by Crippen LogP contribution is 2.38. The first-order valence-corrected chi connectivity index (χ1v) is 9.55. The van der Waals surface area contributed by atoms with Crippen LogP contribution in [0, 0.1) is 0 Å². The number of benzene rings is 2. The number of hydrogen-bond acceptors (Lipinski definition) is 5. The molecule has 1 amide bonds. The Morgan fingerprint density at radius 2 is 1.73 bits per heavy atom. The summed E-state index contributed by atoms with van der Waals surface area (Å²) in [6.07, 6.45) is 3.38. The summed E-state index contributed by atoms with van der Waals surface area (Å²) in [5.41, 5.74) is 14.1. The van der Waals surface area contributed by atoms with Gasteiger partial charge in [0.25, 0.3) is 0 Å². The van der Waals surface area contributed by atoms with Crippen LogP contribution in [-0.2, 0) is 5.54 Å². The predicted molar refractivity (Wildman–Crippen MR) is 117 cm³/mol. The molecular formula is C23H23N5O2. The smallest absolute Gasteiger partial charge is 0.249 e. The highest BCUT2D eigenvalue weighted by atomic mass is 16.5. The second kappa shape index (κ2) is 7.18. The number of rotatable bonds is 4. The SMILES string of the molecule is CC(C)(C)n1cc(-c2ccc(Oc3ccccc3)cc2C(N)=O)c2c(N)ncnc21. The van der Waals surface area contributed by atoms with Crippen molar-refractivity contribution in [3.8, 4) is 22.6 Å². The van der Waals surface area contributed by atoms with Crippen LogP contribution in [0.25, 0.3) is 22.2 Å². The molecule has 4 N–H and O–H groups in total. The normalized spacial score (nSPS) is 11.6. The van der Waals surface area contributed by atoms with Crippen LogP contribution in [0.5, 0.6) is 11.5 Å². The van der Waals surface area contributed by atoms with Gasteiger partial charge in [0.05, 0.1) is 10.9 Å². The minimum absolute atomic E-state index is 0.249. The Balaban J connectivity index is 1.90. The van der Waals surface area contributed by atoms with E-state index in [1.807, 2.05) is 47.2 Å². The van der Waals surface area contributed by atoms with Crippen molar-refractivity contribution in [1.82, 2.24) is 14.5 Å². The van der Waals surface area contributed by atoms with Gasteiger partial charge in [0.2, 0.25) is 5.91 Å². The average Bonchev–Trinajstić information content (AvgIpc) is 3.10. The lowest BCUT2D eigenvalue weighted by molar-refractivity contribution is 0.100. The predicted octanol–water partition coefficient (Wildman–Crippen LogP) is 4.33. The van der Waals surface area contributed by atoms with Crippen molar-refractivity contribution in [2.45, 2.75) is 26.3 Å². The molecule has 0 aliphatic carbocycles. The highest BCUT2D eigenvalue weighted by molar-refractivity contribution is 6.07. The number of nitrogens with zero attached hydrogens (tertiary/aromatic N) is 3. The highest BCUT2D eigenvalue weighted by Gasteiger charge is 2.24. The van der Waals surface area contributed by atoms with E-state index in [2.05, 4.69) is 30.7 Å². The molecule has 0 unspecified atom stereocenters. The molecule has 0 aliphatic rings. The molecule has 7 nitrogen and oxygen atoms in total. The van der Waals surface area contributed by atoms with E-state index in [0.29, 0.717) is 39.5 Å². The molecule has 0 saturated heterocycles. The number of aromatic nitrogens is 3. The summed E-state index contributed by atoms with van der Waals surface area (Å²) >= 11 is 0. The van der Waals surface area contributed by atoms with Gasteiger partial charge < -0.3 is 20.8 Å². The molecule has 0 aliphatic heterocycles. The van der Waals surface area contributed by atoms with Crippen molar-refractivity contribution in [3.63, 3.8) is 0 Å². The van der Waals surface area contributed by atoms with Crippen molar-refractivity contribution < 1.29 is 9.53 Å². The van der Waals surface area contributed by atoms with Crippen molar-refractivity contribution in [1.29, 1.82) is 0 Å². The zero-order valence-corrected chi connectivity index (χ0v) is 17.1. The van der Waals surface area contributed by atoms with Gasteiger partial charge in [-0.05, 0) is 56.7 Å². The van der Waals surface area contributed by atoms with Gasteiger partial charge >= 0.3 is 0 Å². The number of anilines is 1. The summed E-state index contributed by atoms with van der Waals surface area (Å²) in [5, 5.41) is 0.687.